The zero-order valence-electron chi connectivity index (χ0n) is 14.6. The number of carbonyl (C=O) groups excluding carboxylic acids is 1. The lowest BCUT2D eigenvalue weighted by molar-refractivity contribution is -0.119. The molecule has 0 aromatic carbocycles. The number of aromatic nitrogens is 2. The van der Waals surface area contributed by atoms with E-state index in [0.717, 1.165) is 50.5 Å². The first kappa shape index (κ1) is 18.6. The van der Waals surface area contributed by atoms with Gasteiger partial charge < -0.3 is 0 Å². The van der Waals surface area contributed by atoms with Crippen molar-refractivity contribution in [2.75, 3.05) is 4.90 Å². The van der Waals surface area contributed by atoms with Gasteiger partial charge in [0.25, 0.3) is 0 Å². The highest BCUT2D eigenvalue weighted by molar-refractivity contribution is 5.91. The van der Waals surface area contributed by atoms with Crippen LogP contribution in [0.15, 0.2) is 12.4 Å². The summed E-state index contributed by atoms with van der Waals surface area (Å²) in [5, 5.41) is 0. The molecule has 124 valence electrons. The summed E-state index contributed by atoms with van der Waals surface area (Å²) < 4.78 is 0. The van der Waals surface area contributed by atoms with E-state index in [2.05, 4.69) is 30.7 Å². The second kappa shape index (κ2) is 10.3. The number of amides is 1. The second-order valence-corrected chi connectivity index (χ2v) is 5.80. The molecule has 0 aliphatic carbocycles. The Balaban J connectivity index is 3.02. The minimum atomic E-state index is 0.126. The Labute approximate surface area is 135 Å². The Morgan fingerprint density at radius 2 is 1.59 bits per heavy atom. The highest BCUT2D eigenvalue weighted by Gasteiger charge is 2.25. The predicted molar refractivity (Wildman–Crippen MR) is 92.0 cm³/mol. The van der Waals surface area contributed by atoms with Crippen LogP contribution in [-0.2, 0) is 11.2 Å². The third kappa shape index (κ3) is 5.39. The maximum absolute atomic E-state index is 12.5. The summed E-state index contributed by atoms with van der Waals surface area (Å²) in [6.07, 6.45) is 11.7. The number of unbranched alkanes of at least 4 members (excludes halogenated alkanes) is 2. The molecule has 0 atom stereocenters. The van der Waals surface area contributed by atoms with E-state index in [1.807, 2.05) is 24.2 Å². The molecule has 0 aliphatic heterocycles. The molecule has 0 radical (unpaired) electrons. The lowest BCUT2D eigenvalue weighted by Crippen LogP contribution is -2.41. The van der Waals surface area contributed by atoms with E-state index in [4.69, 9.17) is 0 Å². The van der Waals surface area contributed by atoms with E-state index in [1.165, 1.54) is 0 Å². The van der Waals surface area contributed by atoms with Crippen LogP contribution in [0.1, 0.15) is 78.2 Å². The molecule has 1 amide bonds. The minimum Gasteiger partial charge on any atom is -0.278 e. The lowest BCUT2D eigenvalue weighted by atomic mass is 10.0. The highest BCUT2D eigenvalue weighted by Crippen LogP contribution is 2.21. The van der Waals surface area contributed by atoms with Crippen molar-refractivity contribution >= 4 is 11.9 Å². The first-order chi connectivity index (χ1) is 10.7. The average Bonchev–Trinajstić information content (AvgIpc) is 2.57. The Bertz CT molecular complexity index is 422. The number of aryl methyl sites for hydroxylation is 1. The molecule has 0 saturated heterocycles. The Morgan fingerprint density at radius 3 is 2.00 bits per heavy atom. The van der Waals surface area contributed by atoms with Gasteiger partial charge in [-0.15, -0.1) is 0 Å². The van der Waals surface area contributed by atoms with Gasteiger partial charge in [-0.1, -0.05) is 53.4 Å². The number of hydrogen-bond donors (Lipinski definition) is 0. The van der Waals surface area contributed by atoms with Crippen LogP contribution < -0.4 is 4.90 Å². The quantitative estimate of drug-likeness (QED) is 0.638. The van der Waals surface area contributed by atoms with Crippen LogP contribution in [0.3, 0.4) is 0 Å². The molecular formula is C18H31N3O. The first-order valence-electron chi connectivity index (χ1n) is 8.80. The van der Waals surface area contributed by atoms with Gasteiger partial charge in [-0.05, 0) is 24.8 Å². The van der Waals surface area contributed by atoms with Crippen LogP contribution >= 0.6 is 0 Å². The molecule has 4 heteroatoms. The monoisotopic (exact) mass is 305 g/mol. The number of rotatable bonds is 10. The lowest BCUT2D eigenvalue weighted by Gasteiger charge is -2.30. The van der Waals surface area contributed by atoms with Crippen molar-refractivity contribution in [2.45, 2.75) is 85.1 Å². The van der Waals surface area contributed by atoms with Crippen LogP contribution in [0.5, 0.6) is 0 Å². The third-order valence-electron chi connectivity index (χ3n) is 4.03. The number of nitrogens with zero attached hydrogens (tertiary/aromatic N) is 3. The van der Waals surface area contributed by atoms with Gasteiger partial charge in [-0.25, -0.2) is 9.97 Å². The van der Waals surface area contributed by atoms with E-state index in [0.29, 0.717) is 12.4 Å². The standard InChI is InChI=1S/C18H31N3O/c1-5-9-11-16(12-10-6-2)21(17(22)8-4)18-19-13-15(7-3)14-20-18/h13-14,16H,5-12H2,1-4H3. The first-order valence-corrected chi connectivity index (χ1v) is 8.80. The van der Waals surface area contributed by atoms with Crippen LogP contribution in [0.25, 0.3) is 0 Å². The van der Waals surface area contributed by atoms with E-state index in [1.54, 1.807) is 0 Å². The van der Waals surface area contributed by atoms with Gasteiger partial charge in [-0.3, -0.25) is 9.69 Å². The fraction of sp³-hybridized carbons (Fsp3) is 0.722. The summed E-state index contributed by atoms with van der Waals surface area (Å²) in [6, 6.07) is 0.222. The van der Waals surface area contributed by atoms with E-state index < -0.39 is 0 Å². The van der Waals surface area contributed by atoms with Crippen molar-refractivity contribution in [2.24, 2.45) is 0 Å². The smallest absolute Gasteiger partial charge is 0.232 e. The van der Waals surface area contributed by atoms with Gasteiger partial charge in [0.1, 0.15) is 0 Å². The summed E-state index contributed by atoms with van der Waals surface area (Å²) in [7, 11) is 0. The number of anilines is 1. The van der Waals surface area contributed by atoms with Crippen molar-refractivity contribution in [3.63, 3.8) is 0 Å². The molecule has 0 bridgehead atoms. The van der Waals surface area contributed by atoms with Crippen LogP contribution in [0, 0.1) is 0 Å². The van der Waals surface area contributed by atoms with Crippen molar-refractivity contribution in [3.05, 3.63) is 18.0 Å². The summed E-state index contributed by atoms with van der Waals surface area (Å²) >= 11 is 0. The molecule has 0 saturated carbocycles. The van der Waals surface area contributed by atoms with Gasteiger partial charge in [0.05, 0.1) is 0 Å². The van der Waals surface area contributed by atoms with Gasteiger partial charge in [0.2, 0.25) is 11.9 Å². The molecule has 0 unspecified atom stereocenters. The molecule has 0 fully saturated rings. The molecule has 0 spiro atoms. The van der Waals surface area contributed by atoms with Crippen LogP contribution in [-0.4, -0.2) is 21.9 Å². The average molecular weight is 305 g/mol. The minimum absolute atomic E-state index is 0.126. The molecule has 1 aromatic heterocycles. The highest BCUT2D eigenvalue weighted by atomic mass is 16.2. The third-order valence-corrected chi connectivity index (χ3v) is 4.03. The fourth-order valence-electron chi connectivity index (χ4n) is 2.59. The van der Waals surface area contributed by atoms with Gasteiger partial charge in [-0.2, -0.15) is 0 Å². The van der Waals surface area contributed by atoms with Crippen molar-refractivity contribution < 1.29 is 4.79 Å². The zero-order valence-corrected chi connectivity index (χ0v) is 14.6. The van der Waals surface area contributed by atoms with Crippen molar-refractivity contribution in [1.29, 1.82) is 0 Å². The normalized spacial score (nSPS) is 11.0. The van der Waals surface area contributed by atoms with Crippen LogP contribution in [0.2, 0.25) is 0 Å². The Hall–Kier alpha value is -1.45. The maximum Gasteiger partial charge on any atom is 0.232 e. The number of carbonyl (C=O) groups is 1. The van der Waals surface area contributed by atoms with Crippen LogP contribution in [0.4, 0.5) is 5.95 Å². The maximum atomic E-state index is 12.5. The summed E-state index contributed by atoms with van der Waals surface area (Å²) in [5.74, 6) is 0.697. The molecular weight excluding hydrogens is 274 g/mol. The van der Waals surface area contributed by atoms with Crippen molar-refractivity contribution in [1.82, 2.24) is 9.97 Å². The van der Waals surface area contributed by atoms with E-state index >= 15 is 0 Å². The summed E-state index contributed by atoms with van der Waals surface area (Å²) in [4.78, 5) is 23.2. The van der Waals surface area contributed by atoms with Gasteiger partial charge in [0, 0.05) is 24.9 Å². The molecule has 1 rings (SSSR count). The molecule has 1 heterocycles. The Morgan fingerprint density at radius 1 is 1.05 bits per heavy atom. The molecule has 4 nitrogen and oxygen atoms in total. The molecule has 22 heavy (non-hydrogen) atoms. The van der Waals surface area contributed by atoms with E-state index in [9.17, 15) is 4.79 Å². The van der Waals surface area contributed by atoms with E-state index in [-0.39, 0.29) is 11.9 Å². The summed E-state index contributed by atoms with van der Waals surface area (Å²) in [5.41, 5.74) is 1.10. The number of hydrogen-bond acceptors (Lipinski definition) is 3. The largest absolute Gasteiger partial charge is 0.278 e. The predicted octanol–water partition coefficient (Wildman–Crippen LogP) is 4.53. The molecule has 0 aliphatic rings. The SMILES string of the molecule is CCCCC(CCCC)N(C(=O)CC)c1ncc(CC)cn1. The van der Waals surface area contributed by atoms with Crippen molar-refractivity contribution in [3.8, 4) is 0 Å². The second-order valence-electron chi connectivity index (χ2n) is 5.80. The summed E-state index contributed by atoms with van der Waals surface area (Å²) in [6.45, 7) is 8.37. The topological polar surface area (TPSA) is 46.1 Å². The molecule has 0 N–H and O–H groups in total. The fourth-order valence-corrected chi connectivity index (χ4v) is 2.59. The Kier molecular flexibility index (Phi) is 8.71. The molecule has 1 aromatic rings. The van der Waals surface area contributed by atoms with Gasteiger partial charge in [0.15, 0.2) is 0 Å². The van der Waals surface area contributed by atoms with Gasteiger partial charge >= 0.3 is 0 Å². The zero-order chi connectivity index (χ0) is 16.4.